The third-order valence-electron chi connectivity index (χ3n) is 5.37. The van der Waals surface area contributed by atoms with Crippen LogP contribution in [0.1, 0.15) is 55.1 Å². The standard InChI is InChI=1S/C20H28N2O5/c1-3-26-20(25)15-6-10-21(11-7-15)18(23)8-12-22(16-4-5-16)19(24)17-9-13-27-14(17)2/h9,13,15-16H,3-8,10-12H2,1-2H3. The number of piperidine rings is 1. The van der Waals surface area contributed by atoms with Crippen molar-refractivity contribution in [3.63, 3.8) is 0 Å². The Morgan fingerprint density at radius 3 is 2.48 bits per heavy atom. The average Bonchev–Trinajstić information content (AvgIpc) is 3.42. The van der Waals surface area contributed by atoms with E-state index in [-0.39, 0.29) is 29.7 Å². The van der Waals surface area contributed by atoms with Crippen LogP contribution < -0.4 is 0 Å². The fraction of sp³-hybridized carbons (Fsp3) is 0.650. The molecule has 7 nitrogen and oxygen atoms in total. The van der Waals surface area contributed by atoms with Crippen LogP contribution in [0.25, 0.3) is 0 Å². The number of aryl methyl sites for hydroxylation is 1. The fourth-order valence-electron chi connectivity index (χ4n) is 3.60. The number of carbonyl (C=O) groups is 3. The fourth-order valence-corrected chi connectivity index (χ4v) is 3.60. The highest BCUT2D eigenvalue weighted by atomic mass is 16.5. The van der Waals surface area contributed by atoms with E-state index in [2.05, 4.69) is 0 Å². The summed E-state index contributed by atoms with van der Waals surface area (Å²) in [6.45, 7) is 5.52. The van der Waals surface area contributed by atoms with Crippen LogP contribution in [-0.4, -0.2) is 59.9 Å². The third-order valence-corrected chi connectivity index (χ3v) is 5.37. The van der Waals surface area contributed by atoms with Gasteiger partial charge in [-0.15, -0.1) is 0 Å². The molecule has 0 aromatic carbocycles. The Labute approximate surface area is 159 Å². The van der Waals surface area contributed by atoms with Crippen molar-refractivity contribution < 1.29 is 23.5 Å². The normalized spacial score (nSPS) is 17.6. The molecule has 1 saturated carbocycles. The van der Waals surface area contributed by atoms with E-state index in [0.29, 0.717) is 56.8 Å². The van der Waals surface area contributed by atoms with Crippen LogP contribution >= 0.6 is 0 Å². The molecule has 0 bridgehead atoms. The molecule has 2 heterocycles. The Morgan fingerprint density at radius 1 is 1.22 bits per heavy atom. The summed E-state index contributed by atoms with van der Waals surface area (Å²) in [5.41, 5.74) is 0.574. The number of esters is 1. The van der Waals surface area contributed by atoms with Gasteiger partial charge in [-0.25, -0.2) is 0 Å². The van der Waals surface area contributed by atoms with Crippen molar-refractivity contribution in [1.82, 2.24) is 9.80 Å². The molecule has 2 amide bonds. The number of likely N-dealkylation sites (tertiary alicyclic amines) is 1. The number of carbonyl (C=O) groups excluding carboxylic acids is 3. The van der Waals surface area contributed by atoms with E-state index in [4.69, 9.17) is 9.15 Å². The molecule has 0 unspecified atom stereocenters. The second-order valence-corrected chi connectivity index (χ2v) is 7.28. The summed E-state index contributed by atoms with van der Waals surface area (Å²) >= 11 is 0. The smallest absolute Gasteiger partial charge is 0.309 e. The number of amides is 2. The summed E-state index contributed by atoms with van der Waals surface area (Å²) in [5, 5.41) is 0. The predicted octanol–water partition coefficient (Wildman–Crippen LogP) is 2.38. The van der Waals surface area contributed by atoms with Crippen molar-refractivity contribution >= 4 is 17.8 Å². The second-order valence-electron chi connectivity index (χ2n) is 7.28. The summed E-state index contributed by atoms with van der Waals surface area (Å²) in [4.78, 5) is 40.8. The van der Waals surface area contributed by atoms with Crippen molar-refractivity contribution in [2.45, 2.75) is 52.0 Å². The first-order valence-corrected chi connectivity index (χ1v) is 9.80. The first-order valence-electron chi connectivity index (χ1n) is 9.80. The van der Waals surface area contributed by atoms with Gasteiger partial charge in [-0.2, -0.15) is 0 Å². The number of ether oxygens (including phenoxy) is 1. The molecule has 1 aliphatic heterocycles. The maximum Gasteiger partial charge on any atom is 0.309 e. The first kappa shape index (κ1) is 19.5. The molecule has 2 aliphatic rings. The van der Waals surface area contributed by atoms with Gasteiger partial charge in [-0.3, -0.25) is 14.4 Å². The van der Waals surface area contributed by atoms with Crippen LogP contribution in [0.5, 0.6) is 0 Å². The molecule has 1 aromatic rings. The molecule has 0 spiro atoms. The van der Waals surface area contributed by atoms with E-state index < -0.39 is 0 Å². The van der Waals surface area contributed by atoms with Crippen molar-refractivity contribution in [2.75, 3.05) is 26.2 Å². The van der Waals surface area contributed by atoms with Crippen LogP contribution in [-0.2, 0) is 14.3 Å². The minimum Gasteiger partial charge on any atom is -0.469 e. The van der Waals surface area contributed by atoms with Gasteiger partial charge in [0.2, 0.25) is 5.91 Å². The minimum absolute atomic E-state index is 0.0414. The highest BCUT2D eigenvalue weighted by Gasteiger charge is 2.35. The Kier molecular flexibility index (Phi) is 6.19. The molecule has 0 atom stereocenters. The molecule has 148 valence electrons. The highest BCUT2D eigenvalue weighted by molar-refractivity contribution is 5.95. The number of hydrogen-bond donors (Lipinski definition) is 0. The molecule has 7 heteroatoms. The number of rotatable bonds is 7. The van der Waals surface area contributed by atoms with Crippen LogP contribution in [0.2, 0.25) is 0 Å². The molecular formula is C20H28N2O5. The Hall–Kier alpha value is -2.31. The van der Waals surface area contributed by atoms with Crippen molar-refractivity contribution in [3.05, 3.63) is 23.7 Å². The van der Waals surface area contributed by atoms with Crippen LogP contribution in [0, 0.1) is 12.8 Å². The predicted molar refractivity (Wildman–Crippen MR) is 98.1 cm³/mol. The van der Waals surface area contributed by atoms with Gasteiger partial charge in [0.1, 0.15) is 5.76 Å². The molecule has 1 aromatic heterocycles. The topological polar surface area (TPSA) is 80.1 Å². The SMILES string of the molecule is CCOC(=O)C1CCN(C(=O)CCN(C(=O)c2ccoc2C)C2CC2)CC1. The monoisotopic (exact) mass is 376 g/mol. The van der Waals surface area contributed by atoms with Crippen LogP contribution in [0.15, 0.2) is 16.7 Å². The molecule has 2 fully saturated rings. The lowest BCUT2D eigenvalue weighted by atomic mass is 9.97. The molecule has 0 radical (unpaired) electrons. The Bertz CT molecular complexity index is 686. The van der Waals surface area contributed by atoms with Gasteiger partial charge in [0, 0.05) is 32.1 Å². The van der Waals surface area contributed by atoms with Crippen LogP contribution in [0.4, 0.5) is 0 Å². The largest absolute Gasteiger partial charge is 0.469 e. The lowest BCUT2D eigenvalue weighted by Gasteiger charge is -2.31. The van der Waals surface area contributed by atoms with Gasteiger partial charge >= 0.3 is 5.97 Å². The minimum atomic E-state index is -0.161. The Morgan fingerprint density at radius 2 is 1.93 bits per heavy atom. The van der Waals surface area contributed by atoms with Gasteiger partial charge < -0.3 is 19.0 Å². The molecule has 0 N–H and O–H groups in total. The van der Waals surface area contributed by atoms with E-state index in [9.17, 15) is 14.4 Å². The van der Waals surface area contributed by atoms with Crippen molar-refractivity contribution in [1.29, 1.82) is 0 Å². The molecule has 1 saturated heterocycles. The Balaban J connectivity index is 1.50. The summed E-state index contributed by atoms with van der Waals surface area (Å²) < 4.78 is 10.3. The maximum atomic E-state index is 12.8. The van der Waals surface area contributed by atoms with E-state index in [1.165, 1.54) is 6.26 Å². The number of hydrogen-bond acceptors (Lipinski definition) is 5. The maximum absolute atomic E-state index is 12.8. The van der Waals surface area contributed by atoms with E-state index in [0.717, 1.165) is 12.8 Å². The van der Waals surface area contributed by atoms with Gasteiger partial charge in [0.15, 0.2) is 0 Å². The lowest BCUT2D eigenvalue weighted by molar-refractivity contribution is -0.151. The summed E-state index contributed by atoms with van der Waals surface area (Å²) in [7, 11) is 0. The van der Waals surface area contributed by atoms with Crippen molar-refractivity contribution in [2.24, 2.45) is 5.92 Å². The number of furan rings is 1. The highest BCUT2D eigenvalue weighted by Crippen LogP contribution is 2.29. The van der Waals surface area contributed by atoms with Gasteiger partial charge in [0.05, 0.1) is 24.4 Å². The zero-order chi connectivity index (χ0) is 19.4. The number of nitrogens with zero attached hydrogens (tertiary/aromatic N) is 2. The average molecular weight is 376 g/mol. The summed E-state index contributed by atoms with van der Waals surface area (Å²) in [6.07, 6.45) is 5.09. The van der Waals surface area contributed by atoms with Crippen LogP contribution in [0.3, 0.4) is 0 Å². The second kappa shape index (κ2) is 8.59. The van der Waals surface area contributed by atoms with E-state index >= 15 is 0 Å². The molecule has 27 heavy (non-hydrogen) atoms. The molecule has 3 rings (SSSR count). The summed E-state index contributed by atoms with van der Waals surface area (Å²) in [6, 6.07) is 1.92. The van der Waals surface area contributed by atoms with Gasteiger partial charge in [-0.05, 0) is 45.6 Å². The van der Waals surface area contributed by atoms with Gasteiger partial charge in [-0.1, -0.05) is 0 Å². The molecular weight excluding hydrogens is 348 g/mol. The van der Waals surface area contributed by atoms with E-state index in [1.807, 2.05) is 0 Å². The quantitative estimate of drug-likeness (QED) is 0.683. The van der Waals surface area contributed by atoms with E-state index in [1.54, 1.807) is 29.7 Å². The first-order chi connectivity index (χ1) is 13.0. The zero-order valence-corrected chi connectivity index (χ0v) is 16.1. The van der Waals surface area contributed by atoms with Crippen molar-refractivity contribution in [3.8, 4) is 0 Å². The summed E-state index contributed by atoms with van der Waals surface area (Å²) in [5.74, 6) is 0.323. The molecule has 1 aliphatic carbocycles. The third kappa shape index (κ3) is 4.70. The lowest BCUT2D eigenvalue weighted by Crippen LogP contribution is -2.42. The zero-order valence-electron chi connectivity index (χ0n) is 16.1. The van der Waals surface area contributed by atoms with Gasteiger partial charge in [0.25, 0.3) is 5.91 Å².